The highest BCUT2D eigenvalue weighted by molar-refractivity contribution is 6.11. The second-order valence-electron chi connectivity index (χ2n) is 9.55. The number of imide groups is 1. The highest BCUT2D eigenvalue weighted by atomic mass is 16.6. The van der Waals surface area contributed by atoms with Crippen LogP contribution in [-0.4, -0.2) is 37.5 Å². The number of benzene rings is 1. The molecule has 28 heavy (non-hydrogen) atoms. The van der Waals surface area contributed by atoms with Crippen molar-refractivity contribution < 1.29 is 19.1 Å². The smallest absolute Gasteiger partial charge is 0.424 e. The molecule has 0 bridgehead atoms. The molecule has 0 N–H and O–H groups in total. The standard InChI is InChI=1S/C22H36N2O4/c1-14(2)17-13-16(23(10)11)12-15(3)18(17)24(19(25)27-21(4,5)6)20(26)28-22(7,8)9/h12-14H,1-11H3. The van der Waals surface area contributed by atoms with Gasteiger partial charge in [-0.25, -0.2) is 9.59 Å². The van der Waals surface area contributed by atoms with Gasteiger partial charge in [0.05, 0.1) is 5.69 Å². The van der Waals surface area contributed by atoms with Gasteiger partial charge < -0.3 is 14.4 Å². The summed E-state index contributed by atoms with van der Waals surface area (Å²) in [6.07, 6.45) is -1.49. The number of carbonyl (C=O) groups is 2. The Bertz CT molecular complexity index is 697. The van der Waals surface area contributed by atoms with E-state index in [1.807, 2.05) is 51.9 Å². The molecule has 0 aromatic heterocycles. The van der Waals surface area contributed by atoms with Gasteiger partial charge in [0, 0.05) is 19.8 Å². The number of nitrogens with zero attached hydrogens (tertiary/aromatic N) is 2. The summed E-state index contributed by atoms with van der Waals surface area (Å²) in [6.45, 7) is 16.5. The monoisotopic (exact) mass is 392 g/mol. The van der Waals surface area contributed by atoms with Gasteiger partial charge in [-0.1, -0.05) is 13.8 Å². The van der Waals surface area contributed by atoms with Crippen LogP contribution in [0.2, 0.25) is 0 Å². The van der Waals surface area contributed by atoms with Crippen molar-refractivity contribution in [1.29, 1.82) is 0 Å². The van der Waals surface area contributed by atoms with Crippen LogP contribution in [-0.2, 0) is 9.47 Å². The van der Waals surface area contributed by atoms with Gasteiger partial charge in [0.2, 0.25) is 0 Å². The van der Waals surface area contributed by atoms with Gasteiger partial charge in [-0.15, -0.1) is 0 Å². The highest BCUT2D eigenvalue weighted by Crippen LogP contribution is 2.36. The molecule has 1 rings (SSSR count). The van der Waals surface area contributed by atoms with Crippen molar-refractivity contribution in [2.75, 3.05) is 23.9 Å². The van der Waals surface area contributed by atoms with E-state index in [1.54, 1.807) is 41.5 Å². The topological polar surface area (TPSA) is 59.1 Å². The second-order valence-corrected chi connectivity index (χ2v) is 9.55. The summed E-state index contributed by atoms with van der Waals surface area (Å²) in [4.78, 5) is 29.1. The van der Waals surface area contributed by atoms with Crippen LogP contribution in [0.3, 0.4) is 0 Å². The van der Waals surface area contributed by atoms with Gasteiger partial charge >= 0.3 is 12.2 Å². The van der Waals surface area contributed by atoms with Gasteiger partial charge in [0.25, 0.3) is 0 Å². The Morgan fingerprint density at radius 2 is 1.32 bits per heavy atom. The Labute approximate surface area is 169 Å². The van der Waals surface area contributed by atoms with Crippen molar-refractivity contribution >= 4 is 23.6 Å². The number of rotatable bonds is 3. The van der Waals surface area contributed by atoms with Crippen molar-refractivity contribution in [2.24, 2.45) is 0 Å². The summed E-state index contributed by atoms with van der Waals surface area (Å²) in [5, 5.41) is 0. The molecule has 0 aliphatic carbocycles. The van der Waals surface area contributed by atoms with E-state index in [0.717, 1.165) is 21.7 Å². The number of hydrogen-bond acceptors (Lipinski definition) is 5. The van der Waals surface area contributed by atoms with Crippen LogP contribution in [0.5, 0.6) is 0 Å². The molecule has 158 valence electrons. The SMILES string of the molecule is Cc1cc(N(C)C)cc(C(C)C)c1N(C(=O)OC(C)(C)C)C(=O)OC(C)(C)C. The number of aryl methyl sites for hydroxylation is 1. The van der Waals surface area contributed by atoms with E-state index in [1.165, 1.54) is 0 Å². The summed E-state index contributed by atoms with van der Waals surface area (Å²) < 4.78 is 11.1. The fourth-order valence-electron chi connectivity index (χ4n) is 2.66. The van der Waals surface area contributed by atoms with Gasteiger partial charge in [-0.2, -0.15) is 4.90 Å². The zero-order valence-corrected chi connectivity index (χ0v) is 19.3. The fraction of sp³-hybridized carbons (Fsp3) is 0.636. The third kappa shape index (κ3) is 6.43. The predicted octanol–water partition coefficient (Wildman–Crippen LogP) is 5.86. The number of ether oxygens (including phenoxy) is 2. The average molecular weight is 393 g/mol. The van der Waals surface area contributed by atoms with Crippen molar-refractivity contribution in [3.05, 3.63) is 23.3 Å². The molecule has 0 fully saturated rings. The van der Waals surface area contributed by atoms with Crippen molar-refractivity contribution in [1.82, 2.24) is 0 Å². The minimum atomic E-state index is -0.746. The van der Waals surface area contributed by atoms with Crippen LogP contribution < -0.4 is 9.80 Å². The first-order valence-corrected chi connectivity index (χ1v) is 9.61. The minimum absolute atomic E-state index is 0.0842. The quantitative estimate of drug-likeness (QED) is 0.645. The molecule has 0 heterocycles. The first kappa shape index (κ1) is 23.8. The first-order chi connectivity index (χ1) is 12.5. The maximum absolute atomic E-state index is 13.0. The third-order valence-corrected chi connectivity index (χ3v) is 3.83. The van der Waals surface area contributed by atoms with E-state index < -0.39 is 23.4 Å². The van der Waals surface area contributed by atoms with E-state index in [9.17, 15) is 9.59 Å². The molecule has 0 atom stereocenters. The number of anilines is 2. The van der Waals surface area contributed by atoms with E-state index >= 15 is 0 Å². The number of amides is 2. The highest BCUT2D eigenvalue weighted by Gasteiger charge is 2.35. The van der Waals surface area contributed by atoms with Gasteiger partial charge in [-0.3, -0.25) is 0 Å². The molecule has 0 aliphatic heterocycles. The fourth-order valence-corrected chi connectivity index (χ4v) is 2.66. The average Bonchev–Trinajstić information content (AvgIpc) is 2.44. The summed E-state index contributed by atoms with van der Waals surface area (Å²) in [7, 11) is 3.91. The van der Waals surface area contributed by atoms with Gasteiger partial charge in [0.1, 0.15) is 11.2 Å². The third-order valence-electron chi connectivity index (χ3n) is 3.83. The first-order valence-electron chi connectivity index (χ1n) is 9.61. The molecular formula is C22H36N2O4. The Morgan fingerprint density at radius 1 is 0.893 bits per heavy atom. The van der Waals surface area contributed by atoms with Crippen molar-refractivity contribution in [3.63, 3.8) is 0 Å². The normalized spacial score (nSPS) is 12.0. The molecule has 0 spiro atoms. The Hall–Kier alpha value is -2.24. The largest absolute Gasteiger partial charge is 0.443 e. The molecule has 6 heteroatoms. The van der Waals surface area contributed by atoms with E-state index in [0.29, 0.717) is 5.69 Å². The Morgan fingerprint density at radius 3 is 1.64 bits per heavy atom. The van der Waals surface area contributed by atoms with Crippen LogP contribution in [0.25, 0.3) is 0 Å². The molecular weight excluding hydrogens is 356 g/mol. The molecule has 0 aliphatic rings. The van der Waals surface area contributed by atoms with E-state index in [2.05, 4.69) is 0 Å². The molecule has 0 unspecified atom stereocenters. The van der Waals surface area contributed by atoms with Gasteiger partial charge in [0.15, 0.2) is 0 Å². The summed E-state index contributed by atoms with van der Waals surface area (Å²) in [5.41, 5.74) is 1.70. The zero-order chi connectivity index (χ0) is 22.0. The molecule has 6 nitrogen and oxygen atoms in total. The summed E-state index contributed by atoms with van der Waals surface area (Å²) in [6, 6.07) is 3.94. The maximum Gasteiger partial charge on any atom is 0.424 e. The molecule has 0 radical (unpaired) electrons. The number of carbonyl (C=O) groups excluding carboxylic acids is 2. The lowest BCUT2D eigenvalue weighted by atomic mass is 9.96. The van der Waals surface area contributed by atoms with Crippen LogP contribution in [0.1, 0.15) is 72.4 Å². The minimum Gasteiger partial charge on any atom is -0.443 e. The Kier molecular flexibility index (Phi) is 7.15. The molecule has 2 amide bonds. The number of hydrogen-bond donors (Lipinski definition) is 0. The molecule has 0 saturated carbocycles. The lowest BCUT2D eigenvalue weighted by molar-refractivity contribution is 0.0430. The van der Waals surface area contributed by atoms with Crippen LogP contribution in [0, 0.1) is 6.92 Å². The van der Waals surface area contributed by atoms with E-state index in [4.69, 9.17) is 9.47 Å². The molecule has 1 aromatic carbocycles. The predicted molar refractivity (Wildman–Crippen MR) is 115 cm³/mol. The van der Waals surface area contributed by atoms with E-state index in [-0.39, 0.29) is 5.92 Å². The Balaban J connectivity index is 3.65. The second kappa shape index (κ2) is 8.41. The van der Waals surface area contributed by atoms with Crippen LogP contribution >= 0.6 is 0 Å². The lowest BCUT2D eigenvalue weighted by Crippen LogP contribution is -2.44. The van der Waals surface area contributed by atoms with Crippen LogP contribution in [0.15, 0.2) is 12.1 Å². The molecule has 0 saturated heterocycles. The van der Waals surface area contributed by atoms with Crippen LogP contribution in [0.4, 0.5) is 21.0 Å². The van der Waals surface area contributed by atoms with Crippen molar-refractivity contribution in [3.8, 4) is 0 Å². The van der Waals surface area contributed by atoms with Crippen molar-refractivity contribution in [2.45, 2.75) is 79.4 Å². The summed E-state index contributed by atoms with van der Waals surface area (Å²) >= 11 is 0. The lowest BCUT2D eigenvalue weighted by Gasteiger charge is -2.31. The maximum atomic E-state index is 13.0. The van der Waals surface area contributed by atoms with Gasteiger partial charge in [-0.05, 0) is 77.6 Å². The molecule has 1 aromatic rings. The zero-order valence-electron chi connectivity index (χ0n) is 19.3. The summed E-state index contributed by atoms with van der Waals surface area (Å²) in [5.74, 6) is 0.0842.